The second kappa shape index (κ2) is 52.4. The van der Waals surface area contributed by atoms with Gasteiger partial charge in [0.2, 0.25) is 0 Å². The Morgan fingerprint density at radius 3 is 1.00 bits per heavy atom. The summed E-state index contributed by atoms with van der Waals surface area (Å²) in [6.45, 7) is 0. The average molecular weight is 193 g/mol. The molecule has 0 heterocycles. The Hall–Kier alpha value is -0.577. The zero-order chi connectivity index (χ0) is 5.41. The minimum Gasteiger partial charge on any atom is -0.444 e. The molecule has 0 atom stereocenters. The molecular formula is N2O4Ru. The summed E-state index contributed by atoms with van der Waals surface area (Å²) in [7, 11) is 0. The van der Waals surface area contributed by atoms with E-state index in [4.69, 9.17) is 20.2 Å². The summed E-state index contributed by atoms with van der Waals surface area (Å²) in [6, 6.07) is 0. The van der Waals surface area contributed by atoms with Crippen LogP contribution in [-0.4, -0.2) is 0 Å². The summed E-state index contributed by atoms with van der Waals surface area (Å²) >= 11 is 0. The Morgan fingerprint density at radius 2 is 1.00 bits per heavy atom. The van der Waals surface area contributed by atoms with Crippen LogP contribution in [0, 0.1) is 20.2 Å². The molecule has 7 heteroatoms. The largest absolute Gasteiger partial charge is 2.00 e. The van der Waals surface area contributed by atoms with E-state index in [1.807, 2.05) is 0 Å². The van der Waals surface area contributed by atoms with Crippen LogP contribution in [0.1, 0.15) is 0 Å². The van der Waals surface area contributed by atoms with Gasteiger partial charge in [-0.1, -0.05) is 0 Å². The predicted octanol–water partition coefficient (Wildman–Crippen LogP) is 0.499. The van der Waals surface area contributed by atoms with Gasteiger partial charge in [0.05, 0.1) is 0 Å². The van der Waals surface area contributed by atoms with Gasteiger partial charge in [-0.05, 0) is 0 Å². The second-order valence-electron chi connectivity index (χ2n) is 0.149. The van der Waals surface area contributed by atoms with Crippen molar-refractivity contribution in [1.29, 1.82) is 0 Å². The van der Waals surface area contributed by atoms with E-state index in [2.05, 4.69) is 0 Å². The van der Waals surface area contributed by atoms with Gasteiger partial charge in [0, 0.05) is 0 Å². The standard InChI is InChI=1S/2HNO2.Ru/c2*2-1-3;/h2*(H,2,3);/q;;+2/p-2. The molecule has 42 valence electrons. The maximum Gasteiger partial charge on any atom is 2.00 e. The van der Waals surface area contributed by atoms with Gasteiger partial charge in [0.1, 0.15) is 0 Å². The predicted molar refractivity (Wildman–Crippen MR) is 18.3 cm³/mol. The van der Waals surface area contributed by atoms with Crippen LogP contribution in [0.4, 0.5) is 0 Å². The van der Waals surface area contributed by atoms with Crippen LogP contribution in [0.3, 0.4) is 0 Å². The van der Waals surface area contributed by atoms with E-state index in [-0.39, 0.29) is 19.5 Å². The van der Waals surface area contributed by atoms with Crippen molar-refractivity contribution in [2.24, 2.45) is 10.7 Å². The first kappa shape index (κ1) is 16.1. The molecule has 0 unspecified atom stereocenters. The maximum absolute atomic E-state index is 8.00. The van der Waals surface area contributed by atoms with E-state index in [0.717, 1.165) is 10.7 Å². The first-order valence-corrected chi connectivity index (χ1v) is 0.730. The average Bonchev–Trinajstić information content (AvgIpc) is 1.39. The van der Waals surface area contributed by atoms with Crippen molar-refractivity contribution in [3.8, 4) is 0 Å². The van der Waals surface area contributed by atoms with E-state index < -0.39 is 0 Å². The zero-order valence-electron chi connectivity index (χ0n) is 2.88. The van der Waals surface area contributed by atoms with Crippen LogP contribution in [-0.2, 0) is 19.5 Å². The fourth-order valence-corrected chi connectivity index (χ4v) is 0. The molecule has 0 aliphatic carbocycles. The van der Waals surface area contributed by atoms with E-state index in [1.165, 1.54) is 0 Å². The molecule has 0 radical (unpaired) electrons. The molecule has 0 aliphatic rings. The summed E-state index contributed by atoms with van der Waals surface area (Å²) < 4.78 is 0. The molecule has 7 heavy (non-hydrogen) atoms. The minimum absolute atomic E-state index is 0. The monoisotopic (exact) mass is 194 g/mol. The summed E-state index contributed by atoms with van der Waals surface area (Å²) in [5.41, 5.74) is 0. The van der Waals surface area contributed by atoms with Gasteiger partial charge in [-0.15, -0.1) is 10.7 Å². The van der Waals surface area contributed by atoms with Gasteiger partial charge in [-0.2, -0.15) is 0 Å². The Bertz CT molecular complexity index is 30.7. The van der Waals surface area contributed by atoms with Crippen molar-refractivity contribution in [3.05, 3.63) is 20.2 Å². The van der Waals surface area contributed by atoms with Crippen molar-refractivity contribution >= 4 is 0 Å². The summed E-state index contributed by atoms with van der Waals surface area (Å²) in [5.74, 6) is 0. The smallest absolute Gasteiger partial charge is 0.444 e. The van der Waals surface area contributed by atoms with Crippen molar-refractivity contribution in [2.75, 3.05) is 0 Å². The third-order valence-corrected chi connectivity index (χ3v) is 0. The Labute approximate surface area is 51.1 Å². The molecule has 0 aromatic carbocycles. The molecule has 0 aromatic heterocycles. The van der Waals surface area contributed by atoms with Crippen LogP contribution in [0.15, 0.2) is 10.7 Å². The van der Waals surface area contributed by atoms with Gasteiger partial charge >= 0.3 is 19.5 Å². The topological polar surface area (TPSA) is 105 Å². The van der Waals surface area contributed by atoms with E-state index in [9.17, 15) is 0 Å². The molecule has 0 fully saturated rings. The van der Waals surface area contributed by atoms with E-state index in [0.29, 0.717) is 0 Å². The molecule has 0 bridgehead atoms. The van der Waals surface area contributed by atoms with Crippen LogP contribution in [0.2, 0.25) is 0 Å². The van der Waals surface area contributed by atoms with E-state index in [1.54, 1.807) is 0 Å². The van der Waals surface area contributed by atoms with Gasteiger partial charge in [0.25, 0.3) is 0 Å². The fourth-order valence-electron chi connectivity index (χ4n) is 0. The third-order valence-electron chi connectivity index (χ3n) is 0. The molecular weight excluding hydrogens is 193 g/mol. The van der Waals surface area contributed by atoms with Crippen LogP contribution in [0.5, 0.6) is 0 Å². The molecule has 0 rings (SSSR count). The van der Waals surface area contributed by atoms with Crippen molar-refractivity contribution in [2.45, 2.75) is 0 Å². The minimum atomic E-state index is 0. The zero-order valence-corrected chi connectivity index (χ0v) is 4.62. The molecule has 0 saturated carbocycles. The summed E-state index contributed by atoms with van der Waals surface area (Å²) in [4.78, 5) is 16.0. The Balaban J connectivity index is -0.0000000400. The molecule has 0 amide bonds. The Morgan fingerprint density at radius 1 is 1.00 bits per heavy atom. The SMILES string of the molecule is O=N[O-].O=N[O-].[Ru+2]. The number of rotatable bonds is 0. The molecule has 0 saturated heterocycles. The first-order chi connectivity index (χ1) is 2.83. The molecule has 0 aliphatic heterocycles. The van der Waals surface area contributed by atoms with Crippen LogP contribution < -0.4 is 0 Å². The van der Waals surface area contributed by atoms with Crippen LogP contribution >= 0.6 is 0 Å². The van der Waals surface area contributed by atoms with E-state index >= 15 is 0 Å². The van der Waals surface area contributed by atoms with Crippen LogP contribution in [0.25, 0.3) is 0 Å². The number of nitrogens with zero attached hydrogens (tertiary/aromatic N) is 2. The molecule has 0 aromatic rings. The van der Waals surface area contributed by atoms with Gasteiger partial charge in [-0.25, -0.2) is 0 Å². The van der Waals surface area contributed by atoms with Gasteiger partial charge in [0.15, 0.2) is 0 Å². The first-order valence-electron chi connectivity index (χ1n) is 0.730. The normalized spacial score (nSPS) is 3.43. The quantitative estimate of drug-likeness (QED) is 0.317. The molecule has 0 spiro atoms. The van der Waals surface area contributed by atoms with Gasteiger partial charge < -0.3 is 20.2 Å². The fraction of sp³-hybridized carbons (Fsp3) is 0. The van der Waals surface area contributed by atoms with Crippen molar-refractivity contribution in [3.63, 3.8) is 0 Å². The third kappa shape index (κ3) is 191. The molecule has 6 nitrogen and oxygen atoms in total. The Kier molecular flexibility index (Phi) is 121. The number of hydrogen-bond donors (Lipinski definition) is 0. The summed E-state index contributed by atoms with van der Waals surface area (Å²) in [6.07, 6.45) is 0. The van der Waals surface area contributed by atoms with Gasteiger partial charge in [-0.3, -0.25) is 0 Å². The summed E-state index contributed by atoms with van der Waals surface area (Å²) in [5, 5.41) is 18.0. The molecule has 0 N–H and O–H groups in total. The second-order valence-corrected chi connectivity index (χ2v) is 0.149. The van der Waals surface area contributed by atoms with Crippen molar-refractivity contribution < 1.29 is 19.5 Å². The van der Waals surface area contributed by atoms with Crippen molar-refractivity contribution in [1.82, 2.24) is 0 Å². The maximum atomic E-state index is 8.00. The number of hydrogen-bond acceptors (Lipinski definition) is 6.